The second-order valence-corrected chi connectivity index (χ2v) is 7.25. The lowest BCUT2D eigenvalue weighted by Crippen LogP contribution is -2.27. The molecule has 2 N–H and O–H groups in total. The van der Waals surface area contributed by atoms with E-state index >= 15 is 0 Å². The van der Waals surface area contributed by atoms with Crippen LogP contribution in [0.5, 0.6) is 0 Å². The Bertz CT molecular complexity index is 343. The molecule has 0 saturated carbocycles. The molecule has 0 radical (unpaired) electrons. The molecule has 0 aliphatic carbocycles. The topological polar surface area (TPSA) is 83.8 Å². The van der Waals surface area contributed by atoms with Crippen LogP contribution in [0.15, 0.2) is 0 Å². The molecule has 0 aromatic rings. The molecule has 0 aliphatic rings. The SMILES string of the molecule is CCCCCCCCCCCCCCCCCOC(CC(=O)O)C(=O)O. The molecule has 26 heavy (non-hydrogen) atoms. The summed E-state index contributed by atoms with van der Waals surface area (Å²) >= 11 is 0. The molecule has 0 aromatic carbocycles. The number of carboxylic acids is 2. The van der Waals surface area contributed by atoms with Crippen molar-refractivity contribution >= 4 is 11.9 Å². The minimum absolute atomic E-state index is 0.322. The monoisotopic (exact) mass is 372 g/mol. The Balaban J connectivity index is 3.26. The summed E-state index contributed by atoms with van der Waals surface area (Å²) in [4.78, 5) is 21.4. The van der Waals surface area contributed by atoms with Gasteiger partial charge in [0.25, 0.3) is 0 Å². The van der Waals surface area contributed by atoms with Crippen LogP contribution in [0.2, 0.25) is 0 Å². The molecule has 0 saturated heterocycles. The van der Waals surface area contributed by atoms with E-state index in [2.05, 4.69) is 6.92 Å². The highest BCUT2D eigenvalue weighted by Gasteiger charge is 2.21. The molecule has 0 heterocycles. The van der Waals surface area contributed by atoms with Gasteiger partial charge in [0.05, 0.1) is 6.42 Å². The molecule has 1 unspecified atom stereocenters. The van der Waals surface area contributed by atoms with Gasteiger partial charge in [-0.15, -0.1) is 0 Å². The molecule has 0 amide bonds. The van der Waals surface area contributed by atoms with E-state index in [-0.39, 0.29) is 0 Å². The predicted octanol–water partition coefficient (Wildman–Crippen LogP) is 5.80. The van der Waals surface area contributed by atoms with Crippen molar-refractivity contribution in [3.63, 3.8) is 0 Å². The first-order chi connectivity index (χ1) is 12.6. The van der Waals surface area contributed by atoms with E-state index < -0.39 is 24.5 Å². The highest BCUT2D eigenvalue weighted by Crippen LogP contribution is 2.13. The van der Waals surface area contributed by atoms with Crippen LogP contribution in [0.25, 0.3) is 0 Å². The fraction of sp³-hybridized carbons (Fsp3) is 0.905. The van der Waals surface area contributed by atoms with Gasteiger partial charge in [-0.25, -0.2) is 4.79 Å². The standard InChI is InChI=1S/C21H40O5/c1-2-3-4-5-6-7-8-9-10-11-12-13-14-15-16-17-26-19(21(24)25)18-20(22)23/h19H,2-18H2,1H3,(H,22,23)(H,24,25). The van der Waals surface area contributed by atoms with Gasteiger partial charge >= 0.3 is 11.9 Å². The fourth-order valence-electron chi connectivity index (χ4n) is 3.08. The number of rotatable bonds is 20. The van der Waals surface area contributed by atoms with E-state index in [1.807, 2.05) is 0 Å². The summed E-state index contributed by atoms with van der Waals surface area (Å²) in [5, 5.41) is 17.5. The Morgan fingerprint density at radius 3 is 1.42 bits per heavy atom. The third-order valence-electron chi connectivity index (χ3n) is 4.70. The van der Waals surface area contributed by atoms with Gasteiger partial charge in [-0.3, -0.25) is 4.79 Å². The zero-order valence-corrected chi connectivity index (χ0v) is 16.7. The van der Waals surface area contributed by atoms with E-state index in [1.165, 1.54) is 77.0 Å². The summed E-state index contributed by atoms with van der Waals surface area (Å²) in [6, 6.07) is 0. The van der Waals surface area contributed by atoms with Gasteiger partial charge < -0.3 is 14.9 Å². The molecule has 0 aromatic heterocycles. The van der Waals surface area contributed by atoms with Crippen LogP contribution in [-0.4, -0.2) is 34.9 Å². The maximum Gasteiger partial charge on any atom is 0.333 e. The molecular weight excluding hydrogens is 332 g/mol. The van der Waals surface area contributed by atoms with E-state index in [1.54, 1.807) is 0 Å². The molecular formula is C21H40O5. The average Bonchev–Trinajstić information content (AvgIpc) is 2.59. The normalized spacial score (nSPS) is 12.2. The van der Waals surface area contributed by atoms with Crippen LogP contribution < -0.4 is 0 Å². The first-order valence-corrected chi connectivity index (χ1v) is 10.6. The Hall–Kier alpha value is -1.10. The van der Waals surface area contributed by atoms with Crippen LogP contribution in [0.3, 0.4) is 0 Å². The van der Waals surface area contributed by atoms with Crippen LogP contribution in [0.1, 0.15) is 110 Å². The average molecular weight is 373 g/mol. The van der Waals surface area contributed by atoms with E-state index in [0.29, 0.717) is 6.61 Å². The predicted molar refractivity (Wildman–Crippen MR) is 105 cm³/mol. The lowest BCUT2D eigenvalue weighted by Gasteiger charge is -2.11. The second kappa shape index (κ2) is 18.7. The van der Waals surface area contributed by atoms with Crippen LogP contribution in [0, 0.1) is 0 Å². The number of hydrogen-bond donors (Lipinski definition) is 2. The molecule has 1 atom stereocenters. The Morgan fingerprint density at radius 2 is 1.08 bits per heavy atom. The molecule has 154 valence electrons. The van der Waals surface area contributed by atoms with Gasteiger partial charge in [-0.05, 0) is 6.42 Å². The summed E-state index contributed by atoms with van der Waals surface area (Å²) in [6.07, 6.45) is 17.4. The minimum atomic E-state index is -1.22. The van der Waals surface area contributed by atoms with Crippen molar-refractivity contribution in [3.05, 3.63) is 0 Å². The number of carbonyl (C=O) groups is 2. The van der Waals surface area contributed by atoms with Gasteiger partial charge in [0.15, 0.2) is 6.10 Å². The number of ether oxygens (including phenoxy) is 1. The van der Waals surface area contributed by atoms with Crippen molar-refractivity contribution in [2.45, 2.75) is 116 Å². The quantitative estimate of drug-likeness (QED) is 0.264. The zero-order chi connectivity index (χ0) is 19.5. The molecule has 0 rings (SSSR count). The number of carboxylic acid groups (broad SMARTS) is 2. The Morgan fingerprint density at radius 1 is 0.692 bits per heavy atom. The molecule has 5 nitrogen and oxygen atoms in total. The smallest absolute Gasteiger partial charge is 0.333 e. The van der Waals surface area contributed by atoms with Crippen LogP contribution >= 0.6 is 0 Å². The first kappa shape index (κ1) is 24.9. The van der Waals surface area contributed by atoms with Crippen molar-refractivity contribution in [3.8, 4) is 0 Å². The summed E-state index contributed by atoms with van der Waals surface area (Å²) in [5.41, 5.74) is 0. The second-order valence-electron chi connectivity index (χ2n) is 7.25. The highest BCUT2D eigenvalue weighted by atomic mass is 16.5. The van der Waals surface area contributed by atoms with E-state index in [4.69, 9.17) is 14.9 Å². The largest absolute Gasteiger partial charge is 0.481 e. The van der Waals surface area contributed by atoms with Gasteiger partial charge in [-0.2, -0.15) is 0 Å². The summed E-state index contributed by atoms with van der Waals surface area (Å²) in [6.45, 7) is 2.58. The first-order valence-electron chi connectivity index (χ1n) is 10.6. The van der Waals surface area contributed by atoms with Crippen molar-refractivity contribution < 1.29 is 24.5 Å². The molecule has 0 aliphatic heterocycles. The number of unbranched alkanes of at least 4 members (excludes halogenated alkanes) is 14. The van der Waals surface area contributed by atoms with Gasteiger partial charge in [-0.1, -0.05) is 96.8 Å². The maximum atomic E-state index is 10.8. The number of hydrogen-bond acceptors (Lipinski definition) is 3. The lowest BCUT2D eigenvalue weighted by molar-refractivity contribution is -0.156. The van der Waals surface area contributed by atoms with Crippen molar-refractivity contribution in [2.24, 2.45) is 0 Å². The summed E-state index contributed by atoms with van der Waals surface area (Å²) in [5.74, 6) is -2.35. The summed E-state index contributed by atoms with van der Waals surface area (Å²) < 4.78 is 5.15. The van der Waals surface area contributed by atoms with E-state index in [0.717, 1.165) is 19.3 Å². The number of aliphatic carboxylic acids is 2. The van der Waals surface area contributed by atoms with Gasteiger partial charge in [0.1, 0.15) is 0 Å². The van der Waals surface area contributed by atoms with Crippen molar-refractivity contribution in [2.75, 3.05) is 6.61 Å². The highest BCUT2D eigenvalue weighted by molar-refractivity contribution is 5.79. The zero-order valence-electron chi connectivity index (χ0n) is 16.7. The summed E-state index contributed by atoms with van der Waals surface area (Å²) in [7, 11) is 0. The van der Waals surface area contributed by atoms with Gasteiger partial charge in [0.2, 0.25) is 0 Å². The molecule has 0 fully saturated rings. The fourth-order valence-corrected chi connectivity index (χ4v) is 3.08. The van der Waals surface area contributed by atoms with Gasteiger partial charge in [0, 0.05) is 6.61 Å². The van der Waals surface area contributed by atoms with E-state index in [9.17, 15) is 9.59 Å². The molecule has 5 heteroatoms. The van der Waals surface area contributed by atoms with Crippen molar-refractivity contribution in [1.29, 1.82) is 0 Å². The molecule has 0 spiro atoms. The van der Waals surface area contributed by atoms with Crippen LogP contribution in [0.4, 0.5) is 0 Å². The third-order valence-corrected chi connectivity index (χ3v) is 4.70. The Kier molecular flexibility index (Phi) is 17.9. The van der Waals surface area contributed by atoms with Crippen LogP contribution in [-0.2, 0) is 14.3 Å². The third kappa shape index (κ3) is 17.7. The van der Waals surface area contributed by atoms with Crippen molar-refractivity contribution in [1.82, 2.24) is 0 Å². The minimum Gasteiger partial charge on any atom is -0.481 e. The Labute approximate surface area is 159 Å². The maximum absolute atomic E-state index is 10.8. The lowest BCUT2D eigenvalue weighted by atomic mass is 10.0. The molecule has 0 bridgehead atoms.